The van der Waals surface area contributed by atoms with Gasteiger partial charge < -0.3 is 24.9 Å². The number of aromatic nitrogens is 2. The van der Waals surface area contributed by atoms with Crippen LogP contribution in [0.25, 0.3) is 11.3 Å². The number of unbranched alkanes of at least 4 members (excludes halogenated alkanes) is 5. The summed E-state index contributed by atoms with van der Waals surface area (Å²) < 4.78 is 11.1. The number of nitrogens with one attached hydrogen (secondary N) is 2. The molecule has 0 radical (unpaired) electrons. The van der Waals surface area contributed by atoms with E-state index < -0.39 is 18.1 Å². The zero-order valence-corrected chi connectivity index (χ0v) is 20.7. The van der Waals surface area contributed by atoms with Crippen LogP contribution in [-0.2, 0) is 16.1 Å². The minimum Gasteiger partial charge on any atom is -0.494 e. The fourth-order valence-corrected chi connectivity index (χ4v) is 3.79. The predicted octanol–water partition coefficient (Wildman–Crippen LogP) is 6.26. The van der Waals surface area contributed by atoms with Crippen molar-refractivity contribution in [3.05, 3.63) is 72.2 Å². The molecule has 1 heterocycles. The topological polar surface area (TPSA) is 114 Å². The Balaban J connectivity index is 1.53. The van der Waals surface area contributed by atoms with Crippen LogP contribution in [0.4, 0.5) is 4.79 Å². The highest BCUT2D eigenvalue weighted by Gasteiger charge is 2.22. The van der Waals surface area contributed by atoms with Crippen molar-refractivity contribution in [3.63, 3.8) is 0 Å². The molecule has 192 valence electrons. The maximum Gasteiger partial charge on any atom is 0.405 e. The van der Waals surface area contributed by atoms with Crippen molar-refractivity contribution in [3.8, 4) is 17.0 Å². The van der Waals surface area contributed by atoms with Gasteiger partial charge in [-0.1, -0.05) is 69.4 Å². The number of imidazole rings is 1. The number of nitrogens with zero attached hydrogens (tertiary/aromatic N) is 1. The molecule has 36 heavy (non-hydrogen) atoms. The predicted molar refractivity (Wildman–Crippen MR) is 138 cm³/mol. The van der Waals surface area contributed by atoms with Crippen LogP contribution in [0.1, 0.15) is 69.3 Å². The molecule has 3 rings (SSSR count). The van der Waals surface area contributed by atoms with Gasteiger partial charge in [0.25, 0.3) is 0 Å². The van der Waals surface area contributed by atoms with Gasteiger partial charge in [0.1, 0.15) is 24.2 Å². The number of amides is 1. The number of benzene rings is 2. The Morgan fingerprint density at radius 1 is 1.00 bits per heavy atom. The molecule has 0 fully saturated rings. The van der Waals surface area contributed by atoms with E-state index >= 15 is 0 Å². The van der Waals surface area contributed by atoms with E-state index in [9.17, 15) is 14.7 Å². The van der Waals surface area contributed by atoms with Gasteiger partial charge in [-0.05, 0) is 41.8 Å². The van der Waals surface area contributed by atoms with Crippen molar-refractivity contribution in [2.24, 2.45) is 0 Å². The summed E-state index contributed by atoms with van der Waals surface area (Å²) in [6.07, 6.45) is 7.49. The van der Waals surface area contributed by atoms with Crippen molar-refractivity contribution in [1.29, 1.82) is 0 Å². The second-order valence-corrected chi connectivity index (χ2v) is 8.68. The van der Waals surface area contributed by atoms with E-state index in [4.69, 9.17) is 9.47 Å². The molecule has 0 aliphatic rings. The maximum absolute atomic E-state index is 12.4. The van der Waals surface area contributed by atoms with Gasteiger partial charge in [-0.3, -0.25) is 4.79 Å². The molecule has 3 N–H and O–H groups in total. The third-order valence-corrected chi connectivity index (χ3v) is 5.77. The standard InChI is InChI=1S/C28H35N3O5/c1-2-3-4-5-6-10-17-35-23-15-13-22(14-16-23)25-19-29-27(30-25)24(31-28(33)34)18-26(32)36-20-21-11-8-7-9-12-21/h7-9,11-16,19,24,31H,2-6,10,17-18,20H2,1H3,(H,29,30)(H,33,34)/t24-/m0/s1. The van der Waals surface area contributed by atoms with Crippen molar-refractivity contribution in [2.45, 2.75) is 64.5 Å². The number of carbonyl (C=O) groups is 2. The Bertz CT molecular complexity index is 1070. The van der Waals surface area contributed by atoms with E-state index in [2.05, 4.69) is 22.2 Å². The maximum atomic E-state index is 12.4. The Labute approximate surface area is 212 Å². The summed E-state index contributed by atoms with van der Waals surface area (Å²) >= 11 is 0. The molecule has 0 aliphatic carbocycles. The molecule has 1 atom stereocenters. The van der Waals surface area contributed by atoms with E-state index in [0.29, 0.717) is 18.1 Å². The second kappa shape index (κ2) is 14.6. The quantitative estimate of drug-likeness (QED) is 0.170. The summed E-state index contributed by atoms with van der Waals surface area (Å²) in [5, 5.41) is 11.6. The molecule has 0 unspecified atom stereocenters. The van der Waals surface area contributed by atoms with Crippen molar-refractivity contribution in [1.82, 2.24) is 15.3 Å². The van der Waals surface area contributed by atoms with Crippen LogP contribution < -0.4 is 10.1 Å². The van der Waals surface area contributed by atoms with Crippen LogP contribution in [0.3, 0.4) is 0 Å². The Hall–Kier alpha value is -3.81. The number of hydrogen-bond donors (Lipinski definition) is 3. The first kappa shape index (κ1) is 26.8. The molecule has 1 aromatic heterocycles. The summed E-state index contributed by atoms with van der Waals surface area (Å²) in [5.74, 6) is 0.619. The highest BCUT2D eigenvalue weighted by atomic mass is 16.5. The summed E-state index contributed by atoms with van der Waals surface area (Å²) in [6.45, 7) is 3.03. The van der Waals surface area contributed by atoms with E-state index in [0.717, 1.165) is 23.3 Å². The Kier molecular flexibility index (Phi) is 10.8. The average molecular weight is 494 g/mol. The van der Waals surface area contributed by atoms with Crippen molar-refractivity contribution < 1.29 is 24.2 Å². The SMILES string of the molecule is CCCCCCCCOc1ccc(-c2cnc([C@H](CC(=O)OCc3ccccc3)NC(=O)O)[nH]2)cc1. The number of ether oxygens (including phenoxy) is 2. The van der Waals surface area contributed by atoms with E-state index in [-0.39, 0.29) is 13.0 Å². The first-order chi connectivity index (χ1) is 17.5. The van der Waals surface area contributed by atoms with Gasteiger partial charge in [-0.25, -0.2) is 9.78 Å². The van der Waals surface area contributed by atoms with Gasteiger partial charge in [-0.2, -0.15) is 0 Å². The average Bonchev–Trinajstić information content (AvgIpc) is 3.38. The normalized spacial score (nSPS) is 11.6. The molecule has 1 amide bonds. The zero-order chi connectivity index (χ0) is 25.6. The van der Waals surface area contributed by atoms with Gasteiger partial charge in [0.15, 0.2) is 0 Å². The highest BCUT2D eigenvalue weighted by Crippen LogP contribution is 2.24. The van der Waals surface area contributed by atoms with Gasteiger partial charge in [0.2, 0.25) is 0 Å². The van der Waals surface area contributed by atoms with Crippen LogP contribution in [0.15, 0.2) is 60.8 Å². The summed E-state index contributed by atoms with van der Waals surface area (Å²) in [6, 6.07) is 16.1. The molecule has 0 spiro atoms. The number of carboxylic acid groups (broad SMARTS) is 1. The van der Waals surface area contributed by atoms with Crippen LogP contribution in [-0.4, -0.2) is 33.7 Å². The first-order valence-electron chi connectivity index (χ1n) is 12.5. The van der Waals surface area contributed by atoms with E-state index in [1.54, 1.807) is 6.20 Å². The number of hydrogen-bond acceptors (Lipinski definition) is 5. The molecule has 8 heteroatoms. The Morgan fingerprint density at radius 2 is 1.72 bits per heavy atom. The molecule has 8 nitrogen and oxygen atoms in total. The molecule has 2 aromatic carbocycles. The molecule has 0 bridgehead atoms. The third-order valence-electron chi connectivity index (χ3n) is 5.77. The lowest BCUT2D eigenvalue weighted by molar-refractivity contribution is -0.145. The molecule has 0 aliphatic heterocycles. The van der Waals surface area contributed by atoms with Crippen molar-refractivity contribution in [2.75, 3.05) is 6.61 Å². The van der Waals surface area contributed by atoms with E-state index in [1.165, 1.54) is 32.1 Å². The molecule has 3 aromatic rings. The Morgan fingerprint density at radius 3 is 2.44 bits per heavy atom. The van der Waals surface area contributed by atoms with Crippen LogP contribution in [0.5, 0.6) is 5.75 Å². The van der Waals surface area contributed by atoms with Crippen molar-refractivity contribution >= 4 is 12.1 Å². The van der Waals surface area contributed by atoms with Gasteiger partial charge in [0.05, 0.1) is 24.9 Å². The fourth-order valence-electron chi connectivity index (χ4n) is 3.79. The van der Waals surface area contributed by atoms with Gasteiger partial charge in [0, 0.05) is 0 Å². The monoisotopic (exact) mass is 493 g/mol. The molecular weight excluding hydrogens is 458 g/mol. The largest absolute Gasteiger partial charge is 0.494 e. The smallest absolute Gasteiger partial charge is 0.405 e. The number of carbonyl (C=O) groups excluding carboxylic acids is 1. The van der Waals surface area contributed by atoms with Crippen LogP contribution in [0, 0.1) is 0 Å². The van der Waals surface area contributed by atoms with Gasteiger partial charge in [-0.15, -0.1) is 0 Å². The zero-order valence-electron chi connectivity index (χ0n) is 20.7. The molecular formula is C28H35N3O5. The summed E-state index contributed by atoms with van der Waals surface area (Å²) in [4.78, 5) is 31.1. The fraction of sp³-hybridized carbons (Fsp3) is 0.393. The number of rotatable bonds is 15. The number of esters is 1. The highest BCUT2D eigenvalue weighted by molar-refractivity contribution is 5.72. The van der Waals surface area contributed by atoms with E-state index in [1.807, 2.05) is 54.6 Å². The van der Waals surface area contributed by atoms with Crippen LogP contribution >= 0.6 is 0 Å². The minimum atomic E-state index is -1.25. The second-order valence-electron chi connectivity index (χ2n) is 8.68. The van der Waals surface area contributed by atoms with Gasteiger partial charge >= 0.3 is 12.1 Å². The lowest BCUT2D eigenvalue weighted by atomic mass is 10.1. The lowest BCUT2D eigenvalue weighted by Crippen LogP contribution is -2.30. The number of H-pyrrole nitrogens is 1. The summed E-state index contributed by atoms with van der Waals surface area (Å²) in [7, 11) is 0. The molecule has 0 saturated heterocycles. The minimum absolute atomic E-state index is 0.121. The third kappa shape index (κ3) is 9.09. The first-order valence-corrected chi connectivity index (χ1v) is 12.5. The van der Waals surface area contributed by atoms with Crippen LogP contribution in [0.2, 0.25) is 0 Å². The summed E-state index contributed by atoms with van der Waals surface area (Å²) in [5.41, 5.74) is 2.44. The molecule has 0 saturated carbocycles. The number of aromatic amines is 1. The lowest BCUT2D eigenvalue weighted by Gasteiger charge is -2.14.